The molecule has 0 bridgehead atoms. The molecule has 1 aromatic carbocycles. The van der Waals surface area contributed by atoms with E-state index in [-0.39, 0.29) is 12.5 Å². The van der Waals surface area contributed by atoms with Crippen molar-refractivity contribution in [2.45, 2.75) is 51.4 Å². The molecule has 18 heavy (non-hydrogen) atoms. The average molecular weight is 252 g/mol. The van der Waals surface area contributed by atoms with Crippen molar-refractivity contribution in [3.05, 3.63) is 35.9 Å². The van der Waals surface area contributed by atoms with Crippen LogP contribution in [0.25, 0.3) is 0 Å². The summed E-state index contributed by atoms with van der Waals surface area (Å²) in [6.45, 7) is 5.66. The molecule has 3 nitrogen and oxygen atoms in total. The van der Waals surface area contributed by atoms with Gasteiger partial charge in [0, 0.05) is 5.92 Å². The molecule has 0 spiro atoms. The first-order valence-corrected chi connectivity index (χ1v) is 6.62. The van der Waals surface area contributed by atoms with E-state index in [1.54, 1.807) is 0 Å². The molecule has 0 amide bonds. The number of benzene rings is 1. The molecule has 0 aromatic heterocycles. The zero-order chi connectivity index (χ0) is 13.6. The maximum absolute atomic E-state index is 10.2. The maximum atomic E-state index is 10.2. The van der Waals surface area contributed by atoms with E-state index in [1.165, 1.54) is 0 Å². The largest absolute Gasteiger partial charge is 0.394 e. The zero-order valence-corrected chi connectivity index (χ0v) is 11.5. The van der Waals surface area contributed by atoms with E-state index < -0.39 is 11.9 Å². The lowest BCUT2D eigenvalue weighted by Crippen LogP contribution is -2.39. The molecular weight excluding hydrogens is 228 g/mol. The minimum absolute atomic E-state index is 0.0424. The van der Waals surface area contributed by atoms with E-state index in [0.717, 1.165) is 5.56 Å². The van der Waals surface area contributed by atoms with Gasteiger partial charge in [-0.1, -0.05) is 51.1 Å². The van der Waals surface area contributed by atoms with Crippen LogP contribution >= 0.6 is 0 Å². The summed E-state index contributed by atoms with van der Waals surface area (Å²) in [7, 11) is 0. The molecule has 0 radical (unpaired) electrons. The molecule has 102 valence electrons. The molecule has 0 saturated heterocycles. The van der Waals surface area contributed by atoms with E-state index >= 15 is 0 Å². The Morgan fingerprint density at radius 3 is 2.17 bits per heavy atom. The van der Waals surface area contributed by atoms with Gasteiger partial charge in [-0.2, -0.15) is 0 Å². The predicted molar refractivity (Wildman–Crippen MR) is 72.3 cm³/mol. The molecule has 2 N–H and O–H groups in total. The predicted octanol–water partition coefficient (Wildman–Crippen LogP) is 2.68. The highest BCUT2D eigenvalue weighted by Gasteiger charge is 2.30. The second-order valence-electron chi connectivity index (χ2n) is 4.69. The van der Waals surface area contributed by atoms with Crippen molar-refractivity contribution < 1.29 is 14.9 Å². The fourth-order valence-electron chi connectivity index (χ4n) is 1.97. The van der Waals surface area contributed by atoms with E-state index in [2.05, 4.69) is 0 Å². The summed E-state index contributed by atoms with van der Waals surface area (Å²) >= 11 is 0. The van der Waals surface area contributed by atoms with E-state index in [4.69, 9.17) is 4.74 Å². The molecule has 0 unspecified atom stereocenters. The molecule has 0 saturated carbocycles. The van der Waals surface area contributed by atoms with Gasteiger partial charge < -0.3 is 14.9 Å². The van der Waals surface area contributed by atoms with Gasteiger partial charge in [0.2, 0.25) is 0 Å². The van der Waals surface area contributed by atoms with Crippen molar-refractivity contribution >= 4 is 0 Å². The number of ether oxygens (including phenoxy) is 1. The van der Waals surface area contributed by atoms with Crippen molar-refractivity contribution in [1.82, 2.24) is 0 Å². The Morgan fingerprint density at radius 2 is 1.72 bits per heavy atom. The first-order valence-electron chi connectivity index (χ1n) is 6.62. The van der Waals surface area contributed by atoms with Crippen LogP contribution in [0.15, 0.2) is 30.3 Å². The van der Waals surface area contributed by atoms with Crippen LogP contribution in [0.1, 0.15) is 45.1 Å². The summed E-state index contributed by atoms with van der Waals surface area (Å²) < 4.78 is 5.71. The van der Waals surface area contributed by atoms with E-state index in [1.807, 2.05) is 51.1 Å². The van der Waals surface area contributed by atoms with Crippen molar-refractivity contribution in [3.8, 4) is 0 Å². The summed E-state index contributed by atoms with van der Waals surface area (Å²) in [6, 6.07) is 9.90. The Labute approximate surface area is 109 Å². The number of aliphatic hydroxyl groups excluding tert-OH is 1. The Bertz CT molecular complexity index is 333. The average Bonchev–Trinajstić information content (AvgIpc) is 2.44. The van der Waals surface area contributed by atoms with Gasteiger partial charge in [0.25, 0.3) is 0 Å². The molecule has 1 rings (SSSR count). The molecule has 0 aliphatic heterocycles. The summed E-state index contributed by atoms with van der Waals surface area (Å²) in [5, 5.41) is 19.7. The van der Waals surface area contributed by atoms with Gasteiger partial charge in [-0.05, 0) is 18.4 Å². The van der Waals surface area contributed by atoms with Crippen LogP contribution in [0, 0.1) is 0 Å². The first kappa shape index (κ1) is 15.2. The van der Waals surface area contributed by atoms with Crippen LogP contribution in [0.2, 0.25) is 0 Å². The number of rotatable bonds is 7. The molecule has 2 atom stereocenters. The fourth-order valence-corrected chi connectivity index (χ4v) is 1.97. The smallest absolute Gasteiger partial charge is 0.165 e. The van der Waals surface area contributed by atoms with Crippen molar-refractivity contribution in [1.29, 1.82) is 0 Å². The minimum atomic E-state index is -1.14. The summed E-state index contributed by atoms with van der Waals surface area (Å²) in [4.78, 5) is 0. The van der Waals surface area contributed by atoms with Crippen molar-refractivity contribution in [2.24, 2.45) is 0 Å². The standard InChI is InChI=1S/C15H24O3/c1-4-15(17,5-2)18-14(11-16)12(3)13-9-7-6-8-10-13/h6-10,12,14,16-17H,4-5,11H2,1-3H3/t12-,14-/m1/s1. The normalized spacial score (nSPS) is 15.4. The lowest BCUT2D eigenvalue weighted by atomic mass is 9.95. The third-order valence-corrected chi connectivity index (χ3v) is 3.54. The number of hydrogen-bond acceptors (Lipinski definition) is 3. The van der Waals surface area contributed by atoms with Crippen LogP contribution in [0.3, 0.4) is 0 Å². The zero-order valence-electron chi connectivity index (χ0n) is 11.5. The highest BCUT2D eigenvalue weighted by Crippen LogP contribution is 2.27. The Kier molecular flexibility index (Phi) is 5.79. The summed E-state index contributed by atoms with van der Waals surface area (Å²) in [5.74, 6) is -1.10. The van der Waals surface area contributed by atoms with Gasteiger partial charge in [-0.25, -0.2) is 0 Å². The summed E-state index contributed by atoms with van der Waals surface area (Å²) in [6.07, 6.45) is 0.639. The van der Waals surface area contributed by atoms with Gasteiger partial charge in [-0.15, -0.1) is 0 Å². The quantitative estimate of drug-likeness (QED) is 0.734. The SMILES string of the molecule is CCC(O)(CC)O[C@H](CO)[C@H](C)c1ccccc1. The van der Waals surface area contributed by atoms with Crippen LogP contribution < -0.4 is 0 Å². The Hall–Kier alpha value is -0.900. The lowest BCUT2D eigenvalue weighted by Gasteiger charge is -2.33. The second-order valence-corrected chi connectivity index (χ2v) is 4.69. The third-order valence-electron chi connectivity index (χ3n) is 3.54. The molecule has 3 heteroatoms. The van der Waals surface area contributed by atoms with Crippen molar-refractivity contribution in [3.63, 3.8) is 0 Å². The van der Waals surface area contributed by atoms with Crippen LogP contribution in [0.5, 0.6) is 0 Å². The highest BCUT2D eigenvalue weighted by atomic mass is 16.6. The van der Waals surface area contributed by atoms with Crippen LogP contribution in [-0.4, -0.2) is 28.7 Å². The van der Waals surface area contributed by atoms with Gasteiger partial charge in [0.15, 0.2) is 5.79 Å². The van der Waals surface area contributed by atoms with Gasteiger partial charge in [-0.3, -0.25) is 0 Å². The Morgan fingerprint density at radius 1 is 1.17 bits per heavy atom. The van der Waals surface area contributed by atoms with E-state index in [9.17, 15) is 10.2 Å². The van der Waals surface area contributed by atoms with Gasteiger partial charge in [0.1, 0.15) is 0 Å². The second kappa shape index (κ2) is 6.88. The molecule has 1 aromatic rings. The monoisotopic (exact) mass is 252 g/mol. The van der Waals surface area contributed by atoms with Crippen LogP contribution in [-0.2, 0) is 4.74 Å². The van der Waals surface area contributed by atoms with Crippen molar-refractivity contribution in [2.75, 3.05) is 6.61 Å². The maximum Gasteiger partial charge on any atom is 0.165 e. The Balaban J connectivity index is 2.78. The molecule has 0 aliphatic carbocycles. The lowest BCUT2D eigenvalue weighted by molar-refractivity contribution is -0.242. The number of aliphatic hydroxyl groups is 2. The molecular formula is C15H24O3. The molecule has 0 heterocycles. The van der Waals surface area contributed by atoms with Gasteiger partial charge >= 0.3 is 0 Å². The number of hydrogen-bond donors (Lipinski definition) is 2. The topological polar surface area (TPSA) is 49.7 Å². The summed E-state index contributed by atoms with van der Waals surface area (Å²) in [5.41, 5.74) is 1.10. The highest BCUT2D eigenvalue weighted by molar-refractivity contribution is 5.20. The fraction of sp³-hybridized carbons (Fsp3) is 0.600. The van der Waals surface area contributed by atoms with Gasteiger partial charge in [0.05, 0.1) is 12.7 Å². The minimum Gasteiger partial charge on any atom is -0.394 e. The van der Waals surface area contributed by atoms with Crippen LogP contribution in [0.4, 0.5) is 0 Å². The molecule has 0 aliphatic rings. The third kappa shape index (κ3) is 3.80. The first-order chi connectivity index (χ1) is 8.56. The molecule has 0 fully saturated rings. The van der Waals surface area contributed by atoms with E-state index in [0.29, 0.717) is 12.8 Å².